The molecule has 6 nitrogen and oxygen atoms in total. The second-order valence-electron chi connectivity index (χ2n) is 4.01. The van der Waals surface area contributed by atoms with Crippen LogP contribution in [-0.4, -0.2) is 19.4 Å². The van der Waals surface area contributed by atoms with Gasteiger partial charge in [0.15, 0.2) is 0 Å². The van der Waals surface area contributed by atoms with Gasteiger partial charge in [0.05, 0.1) is 6.54 Å². The predicted octanol–water partition coefficient (Wildman–Crippen LogP) is 0.970. The third-order valence-corrected chi connectivity index (χ3v) is 2.50. The Labute approximate surface area is 92.5 Å². The molecule has 0 aromatic carbocycles. The first-order valence-corrected chi connectivity index (χ1v) is 5.15. The lowest BCUT2D eigenvalue weighted by Gasteiger charge is -2.03. The number of rotatable bonds is 3. The van der Waals surface area contributed by atoms with Crippen LogP contribution in [0.1, 0.15) is 31.3 Å². The Morgan fingerprint density at radius 1 is 1.38 bits per heavy atom. The molecule has 2 aromatic heterocycles. The van der Waals surface area contributed by atoms with Gasteiger partial charge in [-0.2, -0.15) is 0 Å². The zero-order valence-corrected chi connectivity index (χ0v) is 9.54. The summed E-state index contributed by atoms with van der Waals surface area (Å²) < 4.78 is 7.85. The number of hydrogen-bond donors (Lipinski definition) is 0. The summed E-state index contributed by atoms with van der Waals surface area (Å²) in [6.07, 6.45) is 3.52. The Kier molecular flexibility index (Phi) is 2.64. The Balaban J connectivity index is 2.30. The molecule has 0 bridgehead atoms. The lowest BCUT2D eigenvalue weighted by Crippen LogP contribution is -2.25. The summed E-state index contributed by atoms with van der Waals surface area (Å²) in [6, 6.07) is 0.158. The van der Waals surface area contributed by atoms with Gasteiger partial charge in [0.1, 0.15) is 11.4 Å². The summed E-state index contributed by atoms with van der Waals surface area (Å²) in [6.45, 7) is 6.13. The molecule has 16 heavy (non-hydrogen) atoms. The molecule has 86 valence electrons. The highest BCUT2D eigenvalue weighted by Crippen LogP contribution is 2.04. The Hall–Kier alpha value is -1.85. The molecule has 0 fully saturated rings. The monoisotopic (exact) mass is 222 g/mol. The summed E-state index contributed by atoms with van der Waals surface area (Å²) >= 11 is 0. The second-order valence-corrected chi connectivity index (χ2v) is 4.01. The van der Waals surface area contributed by atoms with E-state index in [1.54, 1.807) is 28.5 Å². The van der Waals surface area contributed by atoms with Crippen LogP contribution in [0.15, 0.2) is 21.8 Å². The van der Waals surface area contributed by atoms with E-state index in [9.17, 15) is 4.79 Å². The van der Waals surface area contributed by atoms with Crippen LogP contribution in [0.5, 0.6) is 0 Å². The molecule has 2 aromatic rings. The Morgan fingerprint density at radius 2 is 2.12 bits per heavy atom. The maximum Gasteiger partial charge on any atom is 0.328 e. The SMILES string of the molecule is Cc1nonc1Cn1ccn(C(C)C)c1=O. The van der Waals surface area contributed by atoms with Crippen LogP contribution in [0, 0.1) is 6.92 Å². The van der Waals surface area contributed by atoms with Crippen molar-refractivity contribution in [2.24, 2.45) is 0 Å². The molecule has 2 rings (SSSR count). The first-order chi connectivity index (χ1) is 7.59. The van der Waals surface area contributed by atoms with E-state index in [0.717, 1.165) is 0 Å². The summed E-state index contributed by atoms with van der Waals surface area (Å²) in [5, 5.41) is 7.43. The zero-order valence-electron chi connectivity index (χ0n) is 9.54. The van der Waals surface area contributed by atoms with Crippen molar-refractivity contribution in [1.29, 1.82) is 0 Å². The van der Waals surface area contributed by atoms with Gasteiger partial charge in [0.2, 0.25) is 0 Å². The molecule has 0 N–H and O–H groups in total. The van der Waals surface area contributed by atoms with Gasteiger partial charge in [-0.15, -0.1) is 0 Å². The van der Waals surface area contributed by atoms with Gasteiger partial charge in [-0.05, 0) is 20.8 Å². The zero-order chi connectivity index (χ0) is 11.7. The molecule has 0 amide bonds. The molecule has 2 heterocycles. The van der Waals surface area contributed by atoms with Gasteiger partial charge in [0.25, 0.3) is 0 Å². The van der Waals surface area contributed by atoms with E-state index in [0.29, 0.717) is 17.9 Å². The largest absolute Gasteiger partial charge is 0.328 e. The van der Waals surface area contributed by atoms with E-state index in [4.69, 9.17) is 0 Å². The lowest BCUT2D eigenvalue weighted by atomic mass is 10.3. The highest BCUT2D eigenvalue weighted by Gasteiger charge is 2.10. The van der Waals surface area contributed by atoms with Crippen molar-refractivity contribution in [1.82, 2.24) is 19.4 Å². The third-order valence-electron chi connectivity index (χ3n) is 2.50. The molecule has 0 radical (unpaired) electrons. The minimum absolute atomic E-state index is 0.0441. The van der Waals surface area contributed by atoms with Crippen molar-refractivity contribution < 1.29 is 4.63 Å². The minimum Gasteiger partial charge on any atom is -0.297 e. The van der Waals surface area contributed by atoms with E-state index >= 15 is 0 Å². The number of aryl methyl sites for hydroxylation is 1. The number of imidazole rings is 1. The summed E-state index contributed by atoms with van der Waals surface area (Å²) in [5.74, 6) is 0. The smallest absolute Gasteiger partial charge is 0.297 e. The van der Waals surface area contributed by atoms with Crippen molar-refractivity contribution >= 4 is 0 Å². The van der Waals surface area contributed by atoms with Crippen molar-refractivity contribution in [3.63, 3.8) is 0 Å². The fraction of sp³-hybridized carbons (Fsp3) is 0.500. The second kappa shape index (κ2) is 3.96. The molecule has 0 atom stereocenters. The topological polar surface area (TPSA) is 65.8 Å². The van der Waals surface area contributed by atoms with E-state index in [1.165, 1.54) is 0 Å². The molecule has 0 aliphatic carbocycles. The average Bonchev–Trinajstić information content (AvgIpc) is 2.76. The number of aromatic nitrogens is 4. The molecular weight excluding hydrogens is 208 g/mol. The van der Waals surface area contributed by atoms with Crippen LogP contribution in [0.4, 0.5) is 0 Å². The normalized spacial score (nSPS) is 11.2. The van der Waals surface area contributed by atoms with Crippen molar-refractivity contribution in [3.05, 3.63) is 34.3 Å². The molecule has 0 unspecified atom stereocenters. The van der Waals surface area contributed by atoms with E-state index < -0.39 is 0 Å². The van der Waals surface area contributed by atoms with Crippen LogP contribution in [0.3, 0.4) is 0 Å². The first kappa shape index (κ1) is 10.7. The summed E-state index contributed by atoms with van der Waals surface area (Å²) in [4.78, 5) is 11.9. The van der Waals surface area contributed by atoms with E-state index in [2.05, 4.69) is 14.9 Å². The maximum absolute atomic E-state index is 11.9. The maximum atomic E-state index is 11.9. The van der Waals surface area contributed by atoms with Gasteiger partial charge < -0.3 is 0 Å². The van der Waals surface area contributed by atoms with Crippen molar-refractivity contribution in [3.8, 4) is 0 Å². The molecule has 0 aliphatic heterocycles. The molecule has 0 saturated carbocycles. The highest BCUT2D eigenvalue weighted by atomic mass is 16.6. The molecule has 0 spiro atoms. The van der Waals surface area contributed by atoms with Crippen LogP contribution in [0.2, 0.25) is 0 Å². The van der Waals surface area contributed by atoms with Crippen LogP contribution < -0.4 is 5.69 Å². The van der Waals surface area contributed by atoms with E-state index in [-0.39, 0.29) is 11.7 Å². The fourth-order valence-electron chi connectivity index (χ4n) is 1.50. The number of hydrogen-bond acceptors (Lipinski definition) is 4. The van der Waals surface area contributed by atoms with Crippen molar-refractivity contribution in [2.45, 2.75) is 33.4 Å². The minimum atomic E-state index is -0.0441. The summed E-state index contributed by atoms with van der Waals surface area (Å²) in [5.41, 5.74) is 1.35. The fourth-order valence-corrected chi connectivity index (χ4v) is 1.50. The van der Waals surface area contributed by atoms with E-state index in [1.807, 2.05) is 13.8 Å². The lowest BCUT2D eigenvalue weighted by molar-refractivity contribution is 0.300. The predicted molar refractivity (Wildman–Crippen MR) is 57.2 cm³/mol. The molecular formula is C10H14N4O2. The first-order valence-electron chi connectivity index (χ1n) is 5.15. The quantitative estimate of drug-likeness (QED) is 0.776. The average molecular weight is 222 g/mol. The van der Waals surface area contributed by atoms with Crippen LogP contribution in [0.25, 0.3) is 0 Å². The summed E-state index contributed by atoms with van der Waals surface area (Å²) in [7, 11) is 0. The molecule has 6 heteroatoms. The number of nitrogens with zero attached hydrogens (tertiary/aromatic N) is 4. The molecule has 0 aliphatic rings. The Bertz CT molecular complexity index is 535. The van der Waals surface area contributed by atoms with Gasteiger partial charge in [-0.3, -0.25) is 9.13 Å². The van der Waals surface area contributed by atoms with Gasteiger partial charge in [-0.25, -0.2) is 9.42 Å². The van der Waals surface area contributed by atoms with Crippen molar-refractivity contribution in [2.75, 3.05) is 0 Å². The van der Waals surface area contributed by atoms with Gasteiger partial charge >= 0.3 is 5.69 Å². The highest BCUT2D eigenvalue weighted by molar-refractivity contribution is 5.05. The van der Waals surface area contributed by atoms with Gasteiger partial charge in [0, 0.05) is 18.4 Å². The Morgan fingerprint density at radius 3 is 2.62 bits per heavy atom. The van der Waals surface area contributed by atoms with Crippen LogP contribution >= 0.6 is 0 Å². The standard InChI is InChI=1S/C10H14N4O2/c1-7(2)14-5-4-13(10(14)15)6-9-8(3)11-16-12-9/h4-5,7H,6H2,1-3H3. The third kappa shape index (κ3) is 1.78. The van der Waals surface area contributed by atoms with Crippen LogP contribution in [-0.2, 0) is 6.54 Å². The van der Waals surface area contributed by atoms with Gasteiger partial charge in [-0.1, -0.05) is 10.3 Å². The molecule has 0 saturated heterocycles.